The lowest BCUT2D eigenvalue weighted by molar-refractivity contribution is -0.120. The number of amides is 2. The molecule has 1 N–H and O–H groups in total. The van der Waals surface area contributed by atoms with Crippen LogP contribution >= 0.6 is 11.8 Å². The summed E-state index contributed by atoms with van der Waals surface area (Å²) in [5.74, 6) is 0.173. The number of piperidine rings is 1. The number of sulfonamides is 1. The Balaban J connectivity index is 1.57. The topological polar surface area (TPSA) is 86.8 Å². The first-order valence-corrected chi connectivity index (χ1v) is 13.5. The summed E-state index contributed by atoms with van der Waals surface area (Å²) in [5.41, 5.74) is 3.32. The molecule has 0 atom stereocenters. The van der Waals surface area contributed by atoms with E-state index in [-0.39, 0.29) is 29.0 Å². The van der Waals surface area contributed by atoms with Crippen LogP contribution in [0.4, 0.5) is 11.4 Å². The number of fused-ring (bicyclic) bond motifs is 1. The van der Waals surface area contributed by atoms with Crippen molar-refractivity contribution in [2.24, 2.45) is 5.92 Å². The second kappa shape index (κ2) is 9.48. The van der Waals surface area contributed by atoms with Gasteiger partial charge in [0, 0.05) is 23.7 Å². The molecular formula is C24H29N3O4S2. The maximum atomic E-state index is 13.2. The third kappa shape index (κ3) is 5.10. The van der Waals surface area contributed by atoms with E-state index in [1.807, 2.05) is 32.0 Å². The highest BCUT2D eigenvalue weighted by Gasteiger charge is 2.32. The van der Waals surface area contributed by atoms with Gasteiger partial charge in [-0.15, -0.1) is 11.8 Å². The molecule has 0 spiro atoms. The van der Waals surface area contributed by atoms with Crippen LogP contribution in [0, 0.1) is 19.8 Å². The average Bonchev–Trinajstić information content (AvgIpc) is 2.78. The van der Waals surface area contributed by atoms with Crippen LogP contribution in [0.2, 0.25) is 0 Å². The first-order valence-electron chi connectivity index (χ1n) is 11.1. The molecule has 0 aliphatic carbocycles. The Kier molecular flexibility index (Phi) is 6.83. The Morgan fingerprint density at radius 1 is 1.09 bits per heavy atom. The number of hydrogen-bond acceptors (Lipinski definition) is 5. The molecule has 2 amide bonds. The second-order valence-corrected chi connectivity index (χ2v) is 11.8. The van der Waals surface area contributed by atoms with E-state index < -0.39 is 10.0 Å². The van der Waals surface area contributed by atoms with Gasteiger partial charge in [-0.25, -0.2) is 8.42 Å². The first kappa shape index (κ1) is 23.8. The van der Waals surface area contributed by atoms with Crippen molar-refractivity contribution in [1.82, 2.24) is 4.31 Å². The molecule has 1 saturated heterocycles. The van der Waals surface area contributed by atoms with Gasteiger partial charge in [-0.05, 0) is 74.1 Å². The van der Waals surface area contributed by atoms with Gasteiger partial charge >= 0.3 is 0 Å². The molecule has 1 fully saturated rings. The fraction of sp³-hybridized carbons (Fsp3) is 0.417. The highest BCUT2D eigenvalue weighted by atomic mass is 32.2. The van der Waals surface area contributed by atoms with E-state index in [9.17, 15) is 18.0 Å². The van der Waals surface area contributed by atoms with Crippen LogP contribution in [0.5, 0.6) is 0 Å². The summed E-state index contributed by atoms with van der Waals surface area (Å²) in [5, 5.41) is 2.84. The summed E-state index contributed by atoms with van der Waals surface area (Å²) in [4.78, 5) is 27.8. The Labute approximate surface area is 199 Å². The molecule has 7 nitrogen and oxygen atoms in total. The number of anilines is 2. The van der Waals surface area contributed by atoms with Crippen LogP contribution < -0.4 is 10.2 Å². The average molecular weight is 488 g/mol. The van der Waals surface area contributed by atoms with Gasteiger partial charge in [0.15, 0.2) is 0 Å². The van der Waals surface area contributed by atoms with Gasteiger partial charge in [0.1, 0.15) is 6.54 Å². The zero-order valence-electron chi connectivity index (χ0n) is 19.1. The highest BCUT2D eigenvalue weighted by molar-refractivity contribution is 8.00. The molecule has 0 saturated carbocycles. The SMILES string of the molecule is Cc1ccc(NC(=O)CN2C(=O)CSc3ccc(S(=O)(=O)N4CCC(C)CC4)cc32)cc1C. The molecule has 2 aromatic rings. The van der Waals surface area contributed by atoms with Crippen molar-refractivity contribution in [2.45, 2.75) is 43.4 Å². The van der Waals surface area contributed by atoms with Crippen LogP contribution in [0.25, 0.3) is 0 Å². The van der Waals surface area contributed by atoms with Crippen molar-refractivity contribution in [2.75, 3.05) is 35.6 Å². The van der Waals surface area contributed by atoms with Gasteiger partial charge in [0.2, 0.25) is 21.8 Å². The van der Waals surface area contributed by atoms with E-state index in [0.717, 1.165) is 28.9 Å². The standard InChI is InChI=1S/C24H29N3O4S2/c1-16-8-10-26(11-9-16)33(30,31)20-6-7-22-21(13-20)27(24(29)15-32-22)14-23(28)25-19-5-4-17(2)18(3)12-19/h4-7,12-13,16H,8-11,14-15H2,1-3H3,(H,25,28). The Bertz CT molecular complexity index is 1190. The molecule has 2 aliphatic heterocycles. The zero-order valence-corrected chi connectivity index (χ0v) is 20.8. The summed E-state index contributed by atoms with van der Waals surface area (Å²) < 4.78 is 28.0. The van der Waals surface area contributed by atoms with Gasteiger partial charge in [-0.3, -0.25) is 9.59 Å². The van der Waals surface area contributed by atoms with Gasteiger partial charge in [0.05, 0.1) is 16.3 Å². The van der Waals surface area contributed by atoms with Gasteiger partial charge < -0.3 is 10.2 Å². The molecule has 0 bridgehead atoms. The summed E-state index contributed by atoms with van der Waals surface area (Å²) in [7, 11) is -3.66. The third-order valence-electron chi connectivity index (χ3n) is 6.35. The van der Waals surface area contributed by atoms with Crippen LogP contribution in [0.3, 0.4) is 0 Å². The molecule has 4 rings (SSSR count). The molecule has 176 valence electrons. The third-order valence-corrected chi connectivity index (χ3v) is 9.29. The van der Waals surface area contributed by atoms with E-state index in [1.54, 1.807) is 12.1 Å². The lowest BCUT2D eigenvalue weighted by atomic mass is 10.0. The van der Waals surface area contributed by atoms with Crippen LogP contribution in [-0.4, -0.2) is 49.9 Å². The van der Waals surface area contributed by atoms with Gasteiger partial charge in [-0.2, -0.15) is 4.31 Å². The van der Waals surface area contributed by atoms with E-state index in [4.69, 9.17) is 0 Å². The number of rotatable bonds is 5. The predicted molar refractivity (Wildman–Crippen MR) is 131 cm³/mol. The molecule has 9 heteroatoms. The van der Waals surface area contributed by atoms with Crippen molar-refractivity contribution in [3.8, 4) is 0 Å². The largest absolute Gasteiger partial charge is 0.325 e. The minimum Gasteiger partial charge on any atom is -0.325 e. The Hall–Kier alpha value is -2.36. The van der Waals surface area contributed by atoms with Crippen molar-refractivity contribution in [1.29, 1.82) is 0 Å². The Morgan fingerprint density at radius 3 is 2.52 bits per heavy atom. The molecule has 33 heavy (non-hydrogen) atoms. The van der Waals surface area contributed by atoms with E-state index >= 15 is 0 Å². The lowest BCUT2D eigenvalue weighted by Crippen LogP contribution is -2.41. The minimum absolute atomic E-state index is 0.158. The van der Waals surface area contributed by atoms with Gasteiger partial charge in [0.25, 0.3) is 0 Å². The van der Waals surface area contributed by atoms with E-state index in [1.165, 1.54) is 27.0 Å². The predicted octanol–water partition coefficient (Wildman–Crippen LogP) is 3.80. The van der Waals surface area contributed by atoms with E-state index in [2.05, 4.69) is 12.2 Å². The number of nitrogens with zero attached hydrogens (tertiary/aromatic N) is 2. The molecule has 2 heterocycles. The molecule has 0 radical (unpaired) electrons. The smallest absolute Gasteiger partial charge is 0.244 e. The monoisotopic (exact) mass is 487 g/mol. The highest BCUT2D eigenvalue weighted by Crippen LogP contribution is 2.37. The van der Waals surface area contributed by atoms with E-state index in [0.29, 0.717) is 30.4 Å². The van der Waals surface area contributed by atoms with Crippen molar-refractivity contribution < 1.29 is 18.0 Å². The summed E-state index contributed by atoms with van der Waals surface area (Å²) in [6.07, 6.45) is 1.67. The Morgan fingerprint density at radius 2 is 1.82 bits per heavy atom. The summed E-state index contributed by atoms with van der Waals surface area (Å²) in [6, 6.07) is 10.5. The normalized spacial score (nSPS) is 17.7. The maximum Gasteiger partial charge on any atom is 0.244 e. The first-order chi connectivity index (χ1) is 15.6. The molecule has 0 unspecified atom stereocenters. The summed E-state index contributed by atoms with van der Waals surface area (Å²) >= 11 is 1.36. The number of hydrogen-bond donors (Lipinski definition) is 1. The molecule has 2 aromatic carbocycles. The fourth-order valence-corrected chi connectivity index (χ4v) is 6.46. The zero-order chi connectivity index (χ0) is 23.8. The fourth-order valence-electron chi connectivity index (χ4n) is 4.05. The second-order valence-electron chi connectivity index (χ2n) is 8.83. The van der Waals surface area contributed by atoms with Crippen LogP contribution in [-0.2, 0) is 19.6 Å². The lowest BCUT2D eigenvalue weighted by Gasteiger charge is -2.31. The maximum absolute atomic E-state index is 13.2. The number of aryl methyl sites for hydroxylation is 2. The van der Waals surface area contributed by atoms with Gasteiger partial charge in [-0.1, -0.05) is 13.0 Å². The van der Waals surface area contributed by atoms with Crippen molar-refractivity contribution in [3.63, 3.8) is 0 Å². The van der Waals surface area contributed by atoms with Crippen molar-refractivity contribution >= 4 is 45.0 Å². The van der Waals surface area contributed by atoms with Crippen molar-refractivity contribution in [3.05, 3.63) is 47.5 Å². The number of carbonyl (C=O) groups excluding carboxylic acids is 2. The number of carbonyl (C=O) groups is 2. The molecular weight excluding hydrogens is 458 g/mol. The minimum atomic E-state index is -3.66. The number of thioether (sulfide) groups is 1. The summed E-state index contributed by atoms with van der Waals surface area (Å²) in [6.45, 7) is 6.92. The molecule has 2 aliphatic rings. The van der Waals surface area contributed by atoms with Crippen LogP contribution in [0.15, 0.2) is 46.2 Å². The quantitative estimate of drug-likeness (QED) is 0.693. The number of nitrogens with one attached hydrogen (secondary N) is 1. The molecule has 0 aromatic heterocycles. The van der Waals surface area contributed by atoms with Crippen LogP contribution in [0.1, 0.15) is 30.9 Å². The number of benzene rings is 2.